The summed E-state index contributed by atoms with van der Waals surface area (Å²) in [5.74, 6) is 1.32. The quantitative estimate of drug-likeness (QED) is 0.393. The fraction of sp³-hybridized carbons (Fsp3) is 0.238. The third-order valence-corrected chi connectivity index (χ3v) is 3.94. The van der Waals surface area contributed by atoms with Crippen molar-refractivity contribution < 1.29 is 33.3 Å². The molecule has 0 saturated heterocycles. The van der Waals surface area contributed by atoms with Gasteiger partial charge in [-0.25, -0.2) is 4.79 Å². The van der Waals surface area contributed by atoms with E-state index in [1.54, 1.807) is 49.6 Å². The van der Waals surface area contributed by atoms with E-state index < -0.39 is 5.97 Å². The van der Waals surface area contributed by atoms with Crippen molar-refractivity contribution in [1.29, 1.82) is 0 Å². The van der Waals surface area contributed by atoms with E-state index in [1.807, 2.05) is 6.92 Å². The number of rotatable bonds is 8. The van der Waals surface area contributed by atoms with Crippen LogP contribution in [0.3, 0.4) is 0 Å². The van der Waals surface area contributed by atoms with Crippen LogP contribution in [-0.2, 0) is 9.53 Å². The Kier molecular flexibility index (Phi) is 6.16. The van der Waals surface area contributed by atoms with Gasteiger partial charge < -0.3 is 23.7 Å². The number of ether oxygens (including phenoxy) is 5. The molecule has 7 heteroatoms. The zero-order chi connectivity index (χ0) is 19.9. The average Bonchev–Trinajstić information content (AvgIpc) is 3.19. The Balaban J connectivity index is 1.56. The molecule has 0 saturated carbocycles. The monoisotopic (exact) mass is 384 g/mol. The highest BCUT2D eigenvalue weighted by atomic mass is 16.7. The van der Waals surface area contributed by atoms with Crippen molar-refractivity contribution in [1.82, 2.24) is 0 Å². The summed E-state index contributed by atoms with van der Waals surface area (Å²) >= 11 is 0. The number of benzene rings is 2. The minimum Gasteiger partial charge on any atom is -0.493 e. The van der Waals surface area contributed by atoms with E-state index in [1.165, 1.54) is 6.08 Å². The van der Waals surface area contributed by atoms with Gasteiger partial charge in [0.05, 0.1) is 13.7 Å². The largest absolute Gasteiger partial charge is 0.493 e. The number of carbonyl (C=O) groups is 2. The van der Waals surface area contributed by atoms with Crippen LogP contribution in [0.5, 0.6) is 23.0 Å². The molecule has 0 unspecified atom stereocenters. The molecule has 0 bridgehead atoms. The fourth-order valence-electron chi connectivity index (χ4n) is 2.56. The van der Waals surface area contributed by atoms with E-state index in [2.05, 4.69) is 0 Å². The third-order valence-electron chi connectivity index (χ3n) is 3.94. The first-order valence-corrected chi connectivity index (χ1v) is 8.69. The molecule has 28 heavy (non-hydrogen) atoms. The lowest BCUT2D eigenvalue weighted by molar-refractivity contribution is -0.136. The molecule has 2 aromatic rings. The molecule has 0 aliphatic carbocycles. The summed E-state index contributed by atoms with van der Waals surface area (Å²) in [5, 5.41) is 0. The zero-order valence-electron chi connectivity index (χ0n) is 15.6. The molecule has 0 spiro atoms. The van der Waals surface area contributed by atoms with E-state index >= 15 is 0 Å². The van der Waals surface area contributed by atoms with E-state index in [9.17, 15) is 9.59 Å². The molecule has 1 heterocycles. The summed E-state index contributed by atoms with van der Waals surface area (Å²) in [7, 11) is 1.54. The molecule has 0 aromatic heterocycles. The fourth-order valence-corrected chi connectivity index (χ4v) is 2.56. The summed E-state index contributed by atoms with van der Waals surface area (Å²) in [4.78, 5) is 24.1. The summed E-state index contributed by atoms with van der Waals surface area (Å²) in [6.07, 6.45) is 2.83. The number of Topliss-reactive ketones (excluding diaryl/α,β-unsaturated/α-hetero) is 1. The van der Waals surface area contributed by atoms with Gasteiger partial charge in [-0.3, -0.25) is 4.79 Å². The van der Waals surface area contributed by atoms with Crippen molar-refractivity contribution in [2.45, 2.75) is 6.92 Å². The van der Waals surface area contributed by atoms with Crippen molar-refractivity contribution in [2.24, 2.45) is 0 Å². The van der Waals surface area contributed by atoms with E-state index in [4.69, 9.17) is 23.7 Å². The Bertz CT molecular complexity index is 902. The molecule has 0 amide bonds. The summed E-state index contributed by atoms with van der Waals surface area (Å²) < 4.78 is 26.2. The van der Waals surface area contributed by atoms with Gasteiger partial charge in [-0.05, 0) is 48.9 Å². The van der Waals surface area contributed by atoms with Crippen LogP contribution < -0.4 is 18.9 Å². The molecule has 1 aliphatic heterocycles. The third kappa shape index (κ3) is 4.62. The lowest BCUT2D eigenvalue weighted by Crippen LogP contribution is -2.12. The molecule has 0 N–H and O–H groups in total. The van der Waals surface area contributed by atoms with Gasteiger partial charge in [0.1, 0.15) is 0 Å². The first-order valence-electron chi connectivity index (χ1n) is 8.69. The standard InChI is InChI=1S/C21H20O7/c1-3-25-17-7-4-14(10-19(17)24-2)5-9-21(23)26-12-16(22)15-6-8-18-20(11-15)28-13-27-18/h4-11H,3,12-13H2,1-2H3/b9-5+. The second-order valence-corrected chi connectivity index (χ2v) is 5.78. The van der Waals surface area contributed by atoms with Crippen LogP contribution in [0.15, 0.2) is 42.5 Å². The molecular formula is C21H20O7. The van der Waals surface area contributed by atoms with Crippen LogP contribution in [0.4, 0.5) is 0 Å². The molecule has 0 fully saturated rings. The Morgan fingerprint density at radius 1 is 1.07 bits per heavy atom. The lowest BCUT2D eigenvalue weighted by Gasteiger charge is -2.09. The van der Waals surface area contributed by atoms with Crippen molar-refractivity contribution in [3.05, 3.63) is 53.6 Å². The minimum absolute atomic E-state index is 0.128. The predicted octanol–water partition coefficient (Wildman–Crippen LogP) is 3.26. The van der Waals surface area contributed by atoms with Gasteiger partial charge >= 0.3 is 5.97 Å². The van der Waals surface area contributed by atoms with E-state index in [0.717, 1.165) is 5.56 Å². The number of ketones is 1. The maximum Gasteiger partial charge on any atom is 0.331 e. The second-order valence-electron chi connectivity index (χ2n) is 5.78. The van der Waals surface area contributed by atoms with Gasteiger partial charge in [0.25, 0.3) is 0 Å². The van der Waals surface area contributed by atoms with Crippen LogP contribution in [-0.4, -0.2) is 38.9 Å². The number of carbonyl (C=O) groups excluding carboxylic acids is 2. The van der Waals surface area contributed by atoms with Crippen LogP contribution >= 0.6 is 0 Å². The van der Waals surface area contributed by atoms with Gasteiger partial charge in [0, 0.05) is 11.6 Å². The molecule has 7 nitrogen and oxygen atoms in total. The summed E-state index contributed by atoms with van der Waals surface area (Å²) in [5.41, 5.74) is 1.12. The normalized spacial score (nSPS) is 12.1. The van der Waals surface area contributed by atoms with Crippen molar-refractivity contribution in [3.63, 3.8) is 0 Å². The first-order chi connectivity index (χ1) is 13.6. The molecular weight excluding hydrogens is 364 g/mol. The molecule has 3 rings (SSSR count). The number of methoxy groups -OCH3 is 1. The zero-order valence-corrected chi connectivity index (χ0v) is 15.6. The van der Waals surface area contributed by atoms with Crippen LogP contribution in [0.2, 0.25) is 0 Å². The number of esters is 1. The Hall–Kier alpha value is -3.48. The Labute approximate surface area is 162 Å². The molecule has 0 radical (unpaired) electrons. The highest BCUT2D eigenvalue weighted by molar-refractivity contribution is 5.99. The SMILES string of the molecule is CCOc1ccc(/C=C/C(=O)OCC(=O)c2ccc3c(c2)OCO3)cc1OC. The second kappa shape index (κ2) is 8.94. The lowest BCUT2D eigenvalue weighted by atomic mass is 10.1. The van der Waals surface area contributed by atoms with Crippen molar-refractivity contribution in [3.8, 4) is 23.0 Å². The predicted molar refractivity (Wildman–Crippen MR) is 101 cm³/mol. The molecule has 2 aromatic carbocycles. The van der Waals surface area contributed by atoms with E-state index in [0.29, 0.717) is 35.2 Å². The van der Waals surface area contributed by atoms with Crippen molar-refractivity contribution in [2.75, 3.05) is 27.1 Å². The maximum absolute atomic E-state index is 12.2. The average molecular weight is 384 g/mol. The molecule has 0 atom stereocenters. The van der Waals surface area contributed by atoms with Gasteiger partial charge in [-0.1, -0.05) is 6.07 Å². The van der Waals surface area contributed by atoms with Gasteiger partial charge in [0.2, 0.25) is 6.79 Å². The minimum atomic E-state index is -0.623. The maximum atomic E-state index is 12.2. The molecule has 1 aliphatic rings. The highest BCUT2D eigenvalue weighted by Gasteiger charge is 2.17. The van der Waals surface area contributed by atoms with Crippen molar-refractivity contribution >= 4 is 17.8 Å². The smallest absolute Gasteiger partial charge is 0.331 e. The number of hydrogen-bond donors (Lipinski definition) is 0. The summed E-state index contributed by atoms with van der Waals surface area (Å²) in [6, 6.07) is 10.1. The Morgan fingerprint density at radius 2 is 1.89 bits per heavy atom. The van der Waals surface area contributed by atoms with E-state index in [-0.39, 0.29) is 19.2 Å². The van der Waals surface area contributed by atoms with Gasteiger partial charge in [0.15, 0.2) is 35.4 Å². The van der Waals surface area contributed by atoms with Gasteiger partial charge in [-0.15, -0.1) is 0 Å². The van der Waals surface area contributed by atoms with Gasteiger partial charge in [-0.2, -0.15) is 0 Å². The topological polar surface area (TPSA) is 80.3 Å². The first kappa shape index (κ1) is 19.3. The van der Waals surface area contributed by atoms with Crippen LogP contribution in [0.25, 0.3) is 6.08 Å². The number of fused-ring (bicyclic) bond motifs is 1. The number of hydrogen-bond acceptors (Lipinski definition) is 7. The highest BCUT2D eigenvalue weighted by Crippen LogP contribution is 2.32. The van der Waals surface area contributed by atoms with Crippen LogP contribution in [0.1, 0.15) is 22.8 Å². The summed E-state index contributed by atoms with van der Waals surface area (Å²) in [6.45, 7) is 2.17. The Morgan fingerprint density at radius 3 is 2.68 bits per heavy atom. The van der Waals surface area contributed by atoms with Crippen LogP contribution in [0, 0.1) is 0 Å². The molecule has 146 valence electrons.